The number of hydrogen-bond acceptors (Lipinski definition) is 3. The van der Waals surface area contributed by atoms with E-state index >= 15 is 0 Å². The second-order valence-electron chi connectivity index (χ2n) is 5.38. The van der Waals surface area contributed by atoms with Crippen molar-refractivity contribution in [2.75, 3.05) is 20.1 Å². The van der Waals surface area contributed by atoms with Crippen LogP contribution in [-0.2, 0) is 16.0 Å². The van der Waals surface area contributed by atoms with Crippen molar-refractivity contribution in [1.29, 1.82) is 0 Å². The molecule has 2 rings (SSSR count). The monoisotopic (exact) mass is 323 g/mol. The van der Waals surface area contributed by atoms with Gasteiger partial charge in [-0.3, -0.25) is 14.6 Å². The van der Waals surface area contributed by atoms with Gasteiger partial charge < -0.3 is 10.2 Å². The van der Waals surface area contributed by atoms with Crippen molar-refractivity contribution in [3.63, 3.8) is 0 Å². The maximum Gasteiger partial charge on any atom is 0.244 e. The molecular weight excluding hydrogens is 302 g/mol. The van der Waals surface area contributed by atoms with Crippen LogP contribution in [0.2, 0.25) is 0 Å². The first kappa shape index (κ1) is 17.4. The first-order valence-electron chi connectivity index (χ1n) is 7.79. The number of benzene rings is 1. The van der Waals surface area contributed by atoms with E-state index in [0.717, 1.165) is 17.5 Å². The summed E-state index contributed by atoms with van der Waals surface area (Å²) in [6.07, 6.45) is 7.37. The van der Waals surface area contributed by atoms with E-state index in [0.29, 0.717) is 6.54 Å². The topological polar surface area (TPSA) is 62.3 Å². The summed E-state index contributed by atoms with van der Waals surface area (Å²) < 4.78 is 0. The van der Waals surface area contributed by atoms with Crippen LogP contribution in [0.4, 0.5) is 0 Å². The Kier molecular flexibility index (Phi) is 6.71. The van der Waals surface area contributed by atoms with Gasteiger partial charge in [-0.05, 0) is 35.8 Å². The Morgan fingerprint density at radius 3 is 2.54 bits per heavy atom. The smallest absolute Gasteiger partial charge is 0.244 e. The molecule has 0 unspecified atom stereocenters. The predicted octanol–water partition coefficient (Wildman–Crippen LogP) is 1.91. The summed E-state index contributed by atoms with van der Waals surface area (Å²) in [4.78, 5) is 29.3. The van der Waals surface area contributed by atoms with Gasteiger partial charge in [-0.2, -0.15) is 0 Å². The Hall–Kier alpha value is -2.95. The molecule has 0 atom stereocenters. The van der Waals surface area contributed by atoms with E-state index in [1.807, 2.05) is 42.5 Å². The number of hydrogen-bond donors (Lipinski definition) is 1. The van der Waals surface area contributed by atoms with Crippen molar-refractivity contribution in [1.82, 2.24) is 15.2 Å². The summed E-state index contributed by atoms with van der Waals surface area (Å²) >= 11 is 0. The largest absolute Gasteiger partial charge is 0.344 e. The van der Waals surface area contributed by atoms with Crippen molar-refractivity contribution in [2.24, 2.45) is 0 Å². The van der Waals surface area contributed by atoms with E-state index in [4.69, 9.17) is 0 Å². The zero-order valence-corrected chi connectivity index (χ0v) is 13.7. The molecule has 124 valence electrons. The van der Waals surface area contributed by atoms with Crippen LogP contribution in [0, 0.1) is 0 Å². The fraction of sp³-hybridized carbons (Fsp3) is 0.211. The molecule has 1 N–H and O–H groups in total. The highest BCUT2D eigenvalue weighted by Gasteiger charge is 2.09. The molecule has 0 fully saturated rings. The van der Waals surface area contributed by atoms with Gasteiger partial charge in [-0.25, -0.2) is 0 Å². The lowest BCUT2D eigenvalue weighted by Gasteiger charge is -2.17. The number of nitrogens with zero attached hydrogens (tertiary/aromatic N) is 2. The van der Waals surface area contributed by atoms with Crippen molar-refractivity contribution in [3.05, 3.63) is 72.1 Å². The van der Waals surface area contributed by atoms with Gasteiger partial charge in [0.15, 0.2) is 0 Å². The quantitative estimate of drug-likeness (QED) is 0.792. The van der Waals surface area contributed by atoms with Crippen molar-refractivity contribution < 1.29 is 9.59 Å². The molecule has 0 saturated carbocycles. The van der Waals surface area contributed by atoms with E-state index in [2.05, 4.69) is 10.3 Å². The second kappa shape index (κ2) is 9.25. The van der Waals surface area contributed by atoms with Crippen LogP contribution in [0.3, 0.4) is 0 Å². The molecule has 0 spiro atoms. The van der Waals surface area contributed by atoms with E-state index in [9.17, 15) is 9.59 Å². The minimum atomic E-state index is -0.283. The normalized spacial score (nSPS) is 10.5. The van der Waals surface area contributed by atoms with Crippen molar-refractivity contribution in [3.8, 4) is 0 Å². The van der Waals surface area contributed by atoms with Gasteiger partial charge in [0.05, 0.1) is 6.54 Å². The molecule has 5 nitrogen and oxygen atoms in total. The van der Waals surface area contributed by atoms with Gasteiger partial charge in [0.2, 0.25) is 11.8 Å². The lowest BCUT2D eigenvalue weighted by atomic mass is 10.2. The Bertz CT molecular complexity index is 684. The first-order chi connectivity index (χ1) is 11.6. The molecule has 5 heteroatoms. The molecule has 1 aromatic heterocycles. The number of nitrogens with one attached hydrogen (secondary N) is 1. The average molecular weight is 323 g/mol. The molecule has 2 amide bonds. The third kappa shape index (κ3) is 6.04. The van der Waals surface area contributed by atoms with Gasteiger partial charge in [0.1, 0.15) is 0 Å². The molecule has 1 heterocycles. The molecule has 0 aliphatic rings. The maximum absolute atomic E-state index is 12.0. The Balaban J connectivity index is 1.71. The number of carbonyl (C=O) groups is 2. The van der Waals surface area contributed by atoms with E-state index in [1.54, 1.807) is 30.4 Å². The minimum absolute atomic E-state index is 0.00912. The Morgan fingerprint density at radius 1 is 1.12 bits per heavy atom. The molecule has 0 radical (unpaired) electrons. The molecular formula is C19H21N3O2. The van der Waals surface area contributed by atoms with Crippen LogP contribution in [0.1, 0.15) is 11.1 Å². The molecule has 2 aromatic rings. The SMILES string of the molecule is CN(CCc1ccncc1)C(=O)CNC(=O)/C=C\c1ccccc1. The van der Waals surface area contributed by atoms with Crippen LogP contribution >= 0.6 is 0 Å². The van der Waals surface area contributed by atoms with Gasteiger partial charge >= 0.3 is 0 Å². The lowest BCUT2D eigenvalue weighted by Crippen LogP contribution is -2.38. The number of amides is 2. The van der Waals surface area contributed by atoms with Crippen LogP contribution < -0.4 is 5.32 Å². The first-order valence-corrected chi connectivity index (χ1v) is 7.79. The summed E-state index contributed by atoms with van der Waals surface area (Å²) in [5, 5.41) is 2.60. The molecule has 0 aliphatic carbocycles. The zero-order valence-electron chi connectivity index (χ0n) is 13.7. The molecule has 0 bridgehead atoms. The fourth-order valence-electron chi connectivity index (χ4n) is 2.06. The zero-order chi connectivity index (χ0) is 17.2. The molecule has 1 aromatic carbocycles. The van der Waals surface area contributed by atoms with E-state index in [-0.39, 0.29) is 18.4 Å². The average Bonchev–Trinajstić information content (AvgIpc) is 2.64. The second-order valence-corrected chi connectivity index (χ2v) is 5.38. The Morgan fingerprint density at radius 2 is 1.83 bits per heavy atom. The number of pyridine rings is 1. The van der Waals surface area contributed by atoms with Gasteiger partial charge in [0, 0.05) is 32.1 Å². The van der Waals surface area contributed by atoms with Gasteiger partial charge in [0.25, 0.3) is 0 Å². The highest BCUT2D eigenvalue weighted by molar-refractivity contribution is 5.94. The predicted molar refractivity (Wildman–Crippen MR) is 94.1 cm³/mol. The molecule has 24 heavy (non-hydrogen) atoms. The molecule has 0 saturated heterocycles. The summed E-state index contributed by atoms with van der Waals surface area (Å²) in [5.41, 5.74) is 2.06. The highest BCUT2D eigenvalue weighted by Crippen LogP contribution is 2.01. The maximum atomic E-state index is 12.0. The van der Waals surface area contributed by atoms with E-state index in [1.165, 1.54) is 6.08 Å². The Labute approximate surface area is 142 Å². The molecule has 0 aliphatic heterocycles. The van der Waals surface area contributed by atoms with Crippen LogP contribution in [0.15, 0.2) is 60.9 Å². The van der Waals surface area contributed by atoms with Crippen LogP contribution in [0.25, 0.3) is 6.08 Å². The third-order valence-electron chi connectivity index (χ3n) is 3.55. The van der Waals surface area contributed by atoms with Gasteiger partial charge in [-0.15, -0.1) is 0 Å². The number of carbonyl (C=O) groups excluding carboxylic acids is 2. The fourth-order valence-corrected chi connectivity index (χ4v) is 2.06. The van der Waals surface area contributed by atoms with Crippen LogP contribution in [-0.4, -0.2) is 41.8 Å². The third-order valence-corrected chi connectivity index (χ3v) is 3.55. The highest BCUT2D eigenvalue weighted by atomic mass is 16.2. The summed E-state index contributed by atoms with van der Waals surface area (Å²) in [6, 6.07) is 13.4. The van der Waals surface area contributed by atoms with Crippen molar-refractivity contribution in [2.45, 2.75) is 6.42 Å². The summed E-state index contributed by atoms with van der Waals surface area (Å²) in [5.74, 6) is -0.403. The standard InChI is InChI=1S/C19H21N3O2/c1-22(14-11-17-9-12-20-13-10-17)19(24)15-21-18(23)8-7-16-5-3-2-4-6-16/h2-10,12-13H,11,14-15H2,1H3,(H,21,23)/b8-7-. The summed E-state index contributed by atoms with van der Waals surface area (Å²) in [7, 11) is 1.73. The van der Waals surface area contributed by atoms with Crippen LogP contribution in [0.5, 0.6) is 0 Å². The van der Waals surface area contributed by atoms with Gasteiger partial charge in [-0.1, -0.05) is 30.3 Å². The number of aromatic nitrogens is 1. The van der Waals surface area contributed by atoms with E-state index < -0.39 is 0 Å². The number of rotatable bonds is 7. The van der Waals surface area contributed by atoms with Crippen molar-refractivity contribution >= 4 is 17.9 Å². The summed E-state index contributed by atoms with van der Waals surface area (Å²) in [6.45, 7) is 0.587. The minimum Gasteiger partial charge on any atom is -0.344 e. The lowest BCUT2D eigenvalue weighted by molar-refractivity contribution is -0.130. The number of likely N-dealkylation sites (N-methyl/N-ethyl adjacent to an activating group) is 1.